The first kappa shape index (κ1) is 17.9. The number of amides is 2. The molecular weight excluding hydrogens is 387 g/mol. The Morgan fingerprint density at radius 3 is 2.26 bits per heavy atom. The zero-order chi connectivity index (χ0) is 19.0. The predicted molar refractivity (Wildman–Crippen MR) is 105 cm³/mol. The largest absolute Gasteiger partial charge is 0.335 e. The number of fused-ring (bicyclic) bond motifs is 1. The maximum atomic E-state index is 13.9. The molecule has 3 aromatic rings. The predicted octanol–water partition coefficient (Wildman–Crippen LogP) is 4.29. The van der Waals surface area contributed by atoms with Gasteiger partial charge in [0.05, 0.1) is 4.88 Å². The maximum absolute atomic E-state index is 13.9. The van der Waals surface area contributed by atoms with Crippen LogP contribution in [0.1, 0.15) is 20.0 Å². The first-order valence-corrected chi connectivity index (χ1v) is 9.74. The molecule has 1 aliphatic rings. The highest BCUT2D eigenvalue weighted by atomic mass is 35.5. The van der Waals surface area contributed by atoms with Crippen molar-refractivity contribution in [2.75, 3.05) is 26.2 Å². The van der Waals surface area contributed by atoms with Crippen molar-refractivity contribution in [3.63, 3.8) is 0 Å². The van der Waals surface area contributed by atoms with Crippen LogP contribution in [0.15, 0.2) is 48.5 Å². The lowest BCUT2D eigenvalue weighted by Gasteiger charge is -2.34. The number of carbonyl (C=O) groups excluding carboxylic acids is 2. The molecule has 1 aliphatic heterocycles. The lowest BCUT2D eigenvalue weighted by molar-refractivity contribution is 0.0538. The molecule has 1 aromatic heterocycles. The molecule has 4 nitrogen and oxygen atoms in total. The highest BCUT2D eigenvalue weighted by Gasteiger charge is 2.26. The summed E-state index contributed by atoms with van der Waals surface area (Å²) in [5.74, 6) is -0.529. The van der Waals surface area contributed by atoms with Gasteiger partial charge in [0, 0.05) is 46.9 Å². The molecule has 27 heavy (non-hydrogen) atoms. The van der Waals surface area contributed by atoms with Crippen molar-refractivity contribution in [2.24, 2.45) is 0 Å². The summed E-state index contributed by atoms with van der Waals surface area (Å²) in [7, 11) is 0. The number of carbonyl (C=O) groups is 2. The normalized spacial score (nSPS) is 14.6. The zero-order valence-corrected chi connectivity index (χ0v) is 15.9. The van der Waals surface area contributed by atoms with E-state index in [-0.39, 0.29) is 17.6 Å². The summed E-state index contributed by atoms with van der Waals surface area (Å²) in [6.45, 7) is 1.80. The molecule has 0 atom stereocenters. The van der Waals surface area contributed by atoms with Crippen LogP contribution in [0.2, 0.25) is 5.02 Å². The number of hydrogen-bond acceptors (Lipinski definition) is 3. The molecule has 0 saturated carbocycles. The second kappa shape index (κ2) is 7.29. The number of thiophene rings is 1. The molecule has 7 heteroatoms. The molecule has 0 radical (unpaired) electrons. The second-order valence-electron chi connectivity index (χ2n) is 6.36. The van der Waals surface area contributed by atoms with Crippen molar-refractivity contribution in [3.8, 4) is 0 Å². The third-order valence-corrected chi connectivity index (χ3v) is 5.97. The smallest absolute Gasteiger partial charge is 0.264 e. The van der Waals surface area contributed by atoms with E-state index >= 15 is 0 Å². The topological polar surface area (TPSA) is 40.6 Å². The summed E-state index contributed by atoms with van der Waals surface area (Å²) in [6.07, 6.45) is 0. The molecule has 2 aromatic carbocycles. The highest BCUT2D eigenvalue weighted by molar-refractivity contribution is 7.20. The standard InChI is InChI=1S/C20H16ClFN2O2S/c21-14-4-1-3-13(11-14)19(25)23-7-9-24(10-8-23)20(26)18-12-15-16(22)5-2-6-17(15)27-18/h1-6,11-12H,7-10H2. The Hall–Kier alpha value is -2.44. The van der Waals surface area contributed by atoms with Gasteiger partial charge in [-0.15, -0.1) is 11.3 Å². The second-order valence-corrected chi connectivity index (χ2v) is 7.88. The minimum atomic E-state index is -0.320. The van der Waals surface area contributed by atoms with Gasteiger partial charge in [-0.05, 0) is 36.4 Å². The SMILES string of the molecule is O=C(c1cccc(Cl)c1)N1CCN(C(=O)c2cc3c(F)cccc3s2)CC1. The molecule has 0 bridgehead atoms. The first-order chi connectivity index (χ1) is 13.0. The fraction of sp³-hybridized carbons (Fsp3) is 0.200. The lowest BCUT2D eigenvalue weighted by atomic mass is 10.2. The van der Waals surface area contributed by atoms with Gasteiger partial charge in [0.25, 0.3) is 11.8 Å². The van der Waals surface area contributed by atoms with Gasteiger partial charge in [-0.2, -0.15) is 0 Å². The van der Waals surface area contributed by atoms with Gasteiger partial charge in [-0.1, -0.05) is 23.7 Å². The fourth-order valence-corrected chi connectivity index (χ4v) is 4.44. The average Bonchev–Trinajstić information content (AvgIpc) is 3.13. The minimum Gasteiger partial charge on any atom is -0.335 e. The molecule has 0 N–H and O–H groups in total. The van der Waals surface area contributed by atoms with Crippen molar-refractivity contribution >= 4 is 44.8 Å². The maximum Gasteiger partial charge on any atom is 0.264 e. The Kier molecular flexibility index (Phi) is 4.85. The Labute approximate surface area is 164 Å². The van der Waals surface area contributed by atoms with Gasteiger partial charge in [-0.25, -0.2) is 4.39 Å². The van der Waals surface area contributed by atoms with Crippen molar-refractivity contribution in [3.05, 3.63) is 69.8 Å². The van der Waals surface area contributed by atoms with Gasteiger partial charge in [-0.3, -0.25) is 9.59 Å². The van der Waals surface area contributed by atoms with E-state index in [1.54, 1.807) is 46.2 Å². The third kappa shape index (κ3) is 3.55. The number of hydrogen-bond donors (Lipinski definition) is 0. The van der Waals surface area contributed by atoms with E-state index in [1.165, 1.54) is 17.4 Å². The van der Waals surface area contributed by atoms with Crippen molar-refractivity contribution in [1.82, 2.24) is 9.80 Å². The number of piperazine rings is 1. The summed E-state index contributed by atoms with van der Waals surface area (Å²) >= 11 is 7.25. The number of nitrogens with zero attached hydrogens (tertiary/aromatic N) is 2. The van der Waals surface area contributed by atoms with Gasteiger partial charge >= 0.3 is 0 Å². The lowest BCUT2D eigenvalue weighted by Crippen LogP contribution is -2.50. The van der Waals surface area contributed by atoms with E-state index in [2.05, 4.69) is 0 Å². The Morgan fingerprint density at radius 2 is 1.59 bits per heavy atom. The van der Waals surface area contributed by atoms with Crippen LogP contribution in [-0.2, 0) is 0 Å². The molecule has 0 spiro atoms. The van der Waals surface area contributed by atoms with Crippen molar-refractivity contribution < 1.29 is 14.0 Å². The number of halogens is 2. The molecule has 0 aliphatic carbocycles. The van der Waals surface area contributed by atoms with Crippen LogP contribution >= 0.6 is 22.9 Å². The summed E-state index contributed by atoms with van der Waals surface area (Å²) in [5, 5.41) is 0.993. The van der Waals surface area contributed by atoms with Gasteiger partial charge in [0.15, 0.2) is 0 Å². The van der Waals surface area contributed by atoms with E-state index < -0.39 is 0 Å². The monoisotopic (exact) mass is 402 g/mol. The summed E-state index contributed by atoms with van der Waals surface area (Å²) in [4.78, 5) is 29.3. The average molecular weight is 403 g/mol. The molecular formula is C20H16ClFN2O2S. The summed E-state index contributed by atoms with van der Waals surface area (Å²) < 4.78 is 14.6. The number of benzene rings is 2. The molecule has 138 valence electrons. The van der Waals surface area contributed by atoms with Crippen LogP contribution < -0.4 is 0 Å². The molecule has 1 saturated heterocycles. The highest BCUT2D eigenvalue weighted by Crippen LogP contribution is 2.28. The minimum absolute atomic E-state index is 0.0893. The first-order valence-electron chi connectivity index (χ1n) is 8.55. The van der Waals surface area contributed by atoms with Crippen molar-refractivity contribution in [2.45, 2.75) is 0 Å². The van der Waals surface area contributed by atoms with E-state index in [0.717, 1.165) is 4.70 Å². The van der Waals surface area contributed by atoms with Crippen LogP contribution in [-0.4, -0.2) is 47.8 Å². The van der Waals surface area contributed by atoms with Crippen molar-refractivity contribution in [1.29, 1.82) is 0 Å². The molecule has 1 fully saturated rings. The Balaban J connectivity index is 1.44. The third-order valence-electron chi connectivity index (χ3n) is 4.64. The summed E-state index contributed by atoms with van der Waals surface area (Å²) in [5.41, 5.74) is 0.544. The quantitative estimate of drug-likeness (QED) is 0.641. The Bertz CT molecular complexity index is 1030. The van der Waals surface area contributed by atoms with E-state index in [9.17, 15) is 14.0 Å². The van der Waals surface area contributed by atoms with Gasteiger partial charge in [0.1, 0.15) is 5.82 Å². The molecule has 2 amide bonds. The summed E-state index contributed by atoms with van der Waals surface area (Å²) in [6, 6.07) is 13.3. The van der Waals surface area contributed by atoms with Crippen LogP contribution in [0.3, 0.4) is 0 Å². The fourth-order valence-electron chi connectivity index (χ4n) is 3.20. The van der Waals surface area contributed by atoms with Crippen LogP contribution in [0.25, 0.3) is 10.1 Å². The zero-order valence-electron chi connectivity index (χ0n) is 14.3. The molecule has 4 rings (SSSR count). The van der Waals surface area contributed by atoms with Crippen LogP contribution in [0.5, 0.6) is 0 Å². The molecule has 0 unspecified atom stereocenters. The van der Waals surface area contributed by atoms with Gasteiger partial charge < -0.3 is 9.80 Å². The molecule has 2 heterocycles. The van der Waals surface area contributed by atoms with Crippen LogP contribution in [0.4, 0.5) is 4.39 Å². The van der Waals surface area contributed by atoms with E-state index in [1.807, 2.05) is 6.07 Å². The van der Waals surface area contributed by atoms with E-state index in [4.69, 9.17) is 11.6 Å². The van der Waals surface area contributed by atoms with Crippen LogP contribution in [0, 0.1) is 5.82 Å². The van der Waals surface area contributed by atoms with E-state index in [0.29, 0.717) is 47.0 Å². The Morgan fingerprint density at radius 1 is 0.926 bits per heavy atom. The van der Waals surface area contributed by atoms with Gasteiger partial charge in [0.2, 0.25) is 0 Å². The number of rotatable bonds is 2.